The molecule has 4 saturated heterocycles. The summed E-state index contributed by atoms with van der Waals surface area (Å²) in [4.78, 5) is 2.69. The molecule has 7 rings (SSSR count). The fourth-order valence-corrected chi connectivity index (χ4v) is 7.55. The Morgan fingerprint density at radius 3 is 2.58 bits per heavy atom. The number of alkyl halides is 1. The highest BCUT2D eigenvalue weighted by molar-refractivity contribution is 5.10. The molecular formula is C25H41FN2O3. The third kappa shape index (κ3) is 4.09. The first kappa shape index (κ1) is 21.3. The zero-order valence-corrected chi connectivity index (χ0v) is 19.0. The Bertz CT molecular complexity index is 630. The van der Waals surface area contributed by atoms with E-state index in [2.05, 4.69) is 10.2 Å². The SMILES string of the molecule is FC1CCCC2OCC3(CC3)CN3CC[C@]4(COCCN4)[C@H]3COC3CCC(CC3)C12. The lowest BCUT2D eigenvalue weighted by Crippen LogP contribution is -2.63. The Morgan fingerprint density at radius 1 is 0.935 bits per heavy atom. The van der Waals surface area contributed by atoms with Crippen LogP contribution in [0.15, 0.2) is 0 Å². The van der Waals surface area contributed by atoms with Gasteiger partial charge >= 0.3 is 0 Å². The second-order valence-electron chi connectivity index (χ2n) is 11.6. The number of nitrogens with zero attached hydrogens (tertiary/aromatic N) is 1. The van der Waals surface area contributed by atoms with E-state index in [0.29, 0.717) is 18.1 Å². The van der Waals surface area contributed by atoms with Crippen molar-refractivity contribution >= 4 is 0 Å². The standard InChI is InChI=1S/C25H41FN2O3/c26-20-2-1-3-21-23(20)18-4-6-19(7-5-18)30-14-22-25(17-29-13-11-27-25)10-12-28(22)15-24(8-9-24)16-31-21/h18-23,27H,1-17H2/t18?,19?,20?,21?,22-,23?,25+/m1/s1. The fourth-order valence-electron chi connectivity index (χ4n) is 7.55. The molecule has 7 fully saturated rings. The van der Waals surface area contributed by atoms with Gasteiger partial charge in [-0.2, -0.15) is 0 Å². The van der Waals surface area contributed by atoms with Crippen LogP contribution >= 0.6 is 0 Å². The minimum absolute atomic E-state index is 0.0410. The Morgan fingerprint density at radius 2 is 1.81 bits per heavy atom. The molecule has 7 aliphatic rings. The van der Waals surface area contributed by atoms with Gasteiger partial charge < -0.3 is 19.5 Å². The van der Waals surface area contributed by atoms with E-state index in [1.54, 1.807) is 0 Å². The summed E-state index contributed by atoms with van der Waals surface area (Å²) in [6, 6.07) is 0.378. The Kier molecular flexibility index (Phi) is 5.83. The largest absolute Gasteiger partial charge is 0.378 e. The summed E-state index contributed by atoms with van der Waals surface area (Å²) in [6.07, 6.45) is 10.5. The van der Waals surface area contributed by atoms with Gasteiger partial charge in [0.15, 0.2) is 0 Å². The zero-order valence-electron chi connectivity index (χ0n) is 19.0. The molecule has 0 aromatic carbocycles. The highest BCUT2D eigenvalue weighted by atomic mass is 19.1. The van der Waals surface area contributed by atoms with Gasteiger partial charge in [-0.1, -0.05) is 0 Å². The molecule has 4 aliphatic heterocycles. The van der Waals surface area contributed by atoms with E-state index in [0.717, 1.165) is 97.4 Å². The van der Waals surface area contributed by atoms with Crippen LogP contribution in [0.2, 0.25) is 0 Å². The summed E-state index contributed by atoms with van der Waals surface area (Å²) in [6.45, 7) is 6.37. The van der Waals surface area contributed by atoms with Crippen LogP contribution in [0, 0.1) is 17.3 Å². The van der Waals surface area contributed by atoms with Crippen molar-refractivity contribution in [3.8, 4) is 0 Å². The monoisotopic (exact) mass is 436 g/mol. The molecule has 2 bridgehead atoms. The molecule has 2 spiro atoms. The number of fused-ring (bicyclic) bond motifs is 4. The van der Waals surface area contributed by atoms with Crippen molar-refractivity contribution < 1.29 is 18.6 Å². The zero-order chi connectivity index (χ0) is 20.9. The molecule has 3 aliphatic carbocycles. The summed E-state index contributed by atoms with van der Waals surface area (Å²) in [5.74, 6) is 0.584. The molecule has 0 amide bonds. The molecular weight excluding hydrogens is 395 g/mol. The van der Waals surface area contributed by atoms with E-state index in [4.69, 9.17) is 14.2 Å². The van der Waals surface area contributed by atoms with E-state index in [1.807, 2.05) is 0 Å². The number of halogens is 1. The molecule has 176 valence electrons. The van der Waals surface area contributed by atoms with Gasteiger partial charge in [-0.15, -0.1) is 0 Å². The summed E-state index contributed by atoms with van der Waals surface area (Å²) in [5.41, 5.74) is 0.315. The minimum Gasteiger partial charge on any atom is -0.378 e. The maximum atomic E-state index is 15.1. The molecule has 1 N–H and O–H groups in total. The number of morpholine rings is 1. The number of nitrogens with one attached hydrogen (secondary N) is 1. The van der Waals surface area contributed by atoms with Crippen molar-refractivity contribution in [1.82, 2.24) is 10.2 Å². The topological polar surface area (TPSA) is 43.0 Å². The smallest absolute Gasteiger partial charge is 0.106 e. The lowest BCUT2D eigenvalue weighted by molar-refractivity contribution is -0.104. The normalized spacial score (nSPS) is 48.3. The van der Waals surface area contributed by atoms with Crippen LogP contribution < -0.4 is 5.32 Å². The number of ether oxygens (including phenoxy) is 3. The molecule has 0 radical (unpaired) electrons. The summed E-state index contributed by atoms with van der Waals surface area (Å²) in [7, 11) is 0. The second-order valence-corrected chi connectivity index (χ2v) is 11.6. The molecule has 31 heavy (non-hydrogen) atoms. The van der Waals surface area contributed by atoms with Gasteiger partial charge in [-0.05, 0) is 70.1 Å². The quantitative estimate of drug-likeness (QED) is 0.631. The van der Waals surface area contributed by atoms with Crippen molar-refractivity contribution in [2.45, 2.75) is 94.2 Å². The van der Waals surface area contributed by atoms with E-state index >= 15 is 4.39 Å². The second kappa shape index (κ2) is 8.50. The number of hydrogen-bond acceptors (Lipinski definition) is 5. The molecule has 6 heteroatoms. The van der Waals surface area contributed by atoms with Crippen LogP contribution in [-0.2, 0) is 14.2 Å². The summed E-state index contributed by atoms with van der Waals surface area (Å²) >= 11 is 0. The van der Waals surface area contributed by atoms with E-state index < -0.39 is 6.17 Å². The van der Waals surface area contributed by atoms with E-state index in [1.165, 1.54) is 12.8 Å². The highest BCUT2D eigenvalue weighted by Gasteiger charge is 2.54. The lowest BCUT2D eigenvalue weighted by Gasteiger charge is -2.45. The van der Waals surface area contributed by atoms with Gasteiger partial charge in [0.1, 0.15) is 6.17 Å². The Balaban J connectivity index is 1.24. The molecule has 0 aromatic rings. The maximum Gasteiger partial charge on any atom is 0.106 e. The molecule has 5 atom stereocenters. The highest BCUT2D eigenvalue weighted by Crippen LogP contribution is 2.50. The third-order valence-electron chi connectivity index (χ3n) is 9.67. The van der Waals surface area contributed by atoms with Gasteiger partial charge in [0.25, 0.3) is 0 Å². The van der Waals surface area contributed by atoms with Crippen LogP contribution in [0.5, 0.6) is 0 Å². The maximum absolute atomic E-state index is 15.1. The van der Waals surface area contributed by atoms with Gasteiger partial charge in [-0.25, -0.2) is 4.39 Å². The van der Waals surface area contributed by atoms with E-state index in [9.17, 15) is 0 Å². The van der Waals surface area contributed by atoms with Crippen molar-refractivity contribution in [3.05, 3.63) is 0 Å². The first-order chi connectivity index (χ1) is 15.2. The molecule has 3 unspecified atom stereocenters. The summed E-state index contributed by atoms with van der Waals surface area (Å²) in [5, 5.41) is 3.84. The predicted octanol–water partition coefficient (Wildman–Crippen LogP) is 3.31. The Hall–Kier alpha value is -0.270. The van der Waals surface area contributed by atoms with Crippen LogP contribution in [0.4, 0.5) is 4.39 Å². The van der Waals surface area contributed by atoms with Gasteiger partial charge in [-0.3, -0.25) is 4.90 Å². The summed E-state index contributed by atoms with van der Waals surface area (Å²) < 4.78 is 34.3. The van der Waals surface area contributed by atoms with Crippen molar-refractivity contribution in [3.63, 3.8) is 0 Å². The average Bonchev–Trinajstić information content (AvgIpc) is 3.49. The van der Waals surface area contributed by atoms with Crippen molar-refractivity contribution in [1.29, 1.82) is 0 Å². The van der Waals surface area contributed by atoms with Crippen LogP contribution in [0.25, 0.3) is 0 Å². The first-order valence-corrected chi connectivity index (χ1v) is 13.1. The Labute approximate surface area is 186 Å². The van der Waals surface area contributed by atoms with Gasteiger partial charge in [0, 0.05) is 31.0 Å². The molecule has 4 heterocycles. The third-order valence-corrected chi connectivity index (χ3v) is 9.67. The first-order valence-electron chi connectivity index (χ1n) is 13.1. The average molecular weight is 437 g/mol. The molecule has 3 saturated carbocycles. The fraction of sp³-hybridized carbons (Fsp3) is 1.00. The van der Waals surface area contributed by atoms with Crippen molar-refractivity contribution in [2.24, 2.45) is 17.3 Å². The van der Waals surface area contributed by atoms with Crippen LogP contribution in [0.1, 0.15) is 64.2 Å². The predicted molar refractivity (Wildman–Crippen MR) is 117 cm³/mol. The van der Waals surface area contributed by atoms with Crippen molar-refractivity contribution in [2.75, 3.05) is 46.1 Å². The van der Waals surface area contributed by atoms with Gasteiger partial charge in [0.2, 0.25) is 0 Å². The lowest BCUT2D eigenvalue weighted by atomic mass is 9.70. The molecule has 0 aromatic heterocycles. The number of rotatable bonds is 0. The minimum atomic E-state index is -0.676. The van der Waals surface area contributed by atoms with Crippen LogP contribution in [-0.4, -0.2) is 80.9 Å². The van der Waals surface area contributed by atoms with Crippen LogP contribution in [0.3, 0.4) is 0 Å². The molecule has 5 nitrogen and oxygen atoms in total. The van der Waals surface area contributed by atoms with E-state index in [-0.39, 0.29) is 23.0 Å². The van der Waals surface area contributed by atoms with Gasteiger partial charge in [0.05, 0.1) is 50.2 Å². The number of hydrogen-bond donors (Lipinski definition) is 1.